The molecule has 0 saturated carbocycles. The van der Waals surface area contributed by atoms with Gasteiger partial charge in [0.05, 0.1) is 5.69 Å². The first-order valence-electron chi connectivity index (χ1n) is 8.65. The van der Waals surface area contributed by atoms with Crippen LogP contribution in [0.15, 0.2) is 41.0 Å². The lowest BCUT2D eigenvalue weighted by molar-refractivity contribution is 0.157. The highest BCUT2D eigenvalue weighted by molar-refractivity contribution is 5.52. The predicted molar refractivity (Wildman–Crippen MR) is 94.5 cm³/mol. The highest BCUT2D eigenvalue weighted by Gasteiger charge is 2.25. The van der Waals surface area contributed by atoms with Gasteiger partial charge in [0.2, 0.25) is 5.89 Å². The molecule has 2 atom stereocenters. The van der Waals surface area contributed by atoms with Crippen LogP contribution in [0, 0.1) is 5.92 Å². The summed E-state index contributed by atoms with van der Waals surface area (Å²) in [6.07, 6.45) is 3.96. The van der Waals surface area contributed by atoms with Crippen molar-refractivity contribution in [1.29, 1.82) is 0 Å². The Morgan fingerprint density at radius 2 is 2.00 bits per heavy atom. The van der Waals surface area contributed by atoms with Gasteiger partial charge in [-0.25, -0.2) is 4.98 Å². The van der Waals surface area contributed by atoms with E-state index in [-0.39, 0.29) is 6.61 Å². The third kappa shape index (κ3) is 4.23. The van der Waals surface area contributed by atoms with Crippen molar-refractivity contribution in [1.82, 2.24) is 14.8 Å². The quantitative estimate of drug-likeness (QED) is 0.913. The molecule has 0 aliphatic carbocycles. The molecule has 1 aromatic carbocycles. The molecule has 24 heavy (non-hydrogen) atoms. The summed E-state index contributed by atoms with van der Waals surface area (Å²) >= 11 is 0. The topological polar surface area (TPSA) is 52.7 Å². The van der Waals surface area contributed by atoms with Gasteiger partial charge in [-0.1, -0.05) is 18.2 Å². The van der Waals surface area contributed by atoms with Crippen LogP contribution in [0.5, 0.6) is 0 Å². The van der Waals surface area contributed by atoms with Gasteiger partial charge in [0.15, 0.2) is 0 Å². The van der Waals surface area contributed by atoms with E-state index in [9.17, 15) is 5.11 Å². The molecule has 3 rings (SSSR count). The van der Waals surface area contributed by atoms with Crippen LogP contribution in [0.25, 0.3) is 11.5 Å². The number of likely N-dealkylation sites (tertiary alicyclic amines) is 1. The Labute approximate surface area is 143 Å². The largest absolute Gasteiger partial charge is 0.444 e. The summed E-state index contributed by atoms with van der Waals surface area (Å²) in [6.45, 7) is 2.92. The van der Waals surface area contributed by atoms with E-state index in [1.165, 1.54) is 0 Å². The number of benzene rings is 1. The van der Waals surface area contributed by atoms with E-state index < -0.39 is 0 Å². The average molecular weight is 329 g/mol. The summed E-state index contributed by atoms with van der Waals surface area (Å²) in [4.78, 5) is 9.32. The molecule has 0 unspecified atom stereocenters. The van der Waals surface area contributed by atoms with Crippen molar-refractivity contribution in [2.75, 3.05) is 33.8 Å². The van der Waals surface area contributed by atoms with Crippen LogP contribution in [0.2, 0.25) is 0 Å². The highest BCUT2D eigenvalue weighted by Crippen LogP contribution is 2.22. The van der Waals surface area contributed by atoms with Crippen molar-refractivity contribution in [2.24, 2.45) is 5.92 Å². The van der Waals surface area contributed by atoms with Crippen molar-refractivity contribution in [2.45, 2.75) is 25.4 Å². The molecule has 130 valence electrons. The second-order valence-electron chi connectivity index (χ2n) is 6.95. The van der Waals surface area contributed by atoms with E-state index in [0.717, 1.165) is 43.7 Å². The first-order chi connectivity index (χ1) is 11.7. The first-order valence-corrected chi connectivity index (χ1v) is 8.65. The van der Waals surface area contributed by atoms with E-state index in [2.05, 4.69) is 28.9 Å². The van der Waals surface area contributed by atoms with Crippen LogP contribution in [0.4, 0.5) is 0 Å². The van der Waals surface area contributed by atoms with Crippen molar-refractivity contribution in [3.63, 3.8) is 0 Å². The molecule has 2 aromatic rings. The number of hydrogen-bond donors (Lipinski definition) is 1. The standard InChI is InChI=1S/C19H27N3O2/c1-21(2)18-9-8-15(13-23)10-22(12-18)11-17-14-24-19(20-17)16-6-4-3-5-7-16/h3-7,14-15,18,23H,8-13H2,1-2H3/t15-,18+/m0/s1. The molecule has 0 radical (unpaired) electrons. The van der Waals surface area contributed by atoms with Gasteiger partial charge in [0.25, 0.3) is 0 Å². The van der Waals surface area contributed by atoms with E-state index in [1.807, 2.05) is 30.3 Å². The fourth-order valence-corrected chi connectivity index (χ4v) is 3.37. The SMILES string of the molecule is CN(C)[C@@H]1CC[C@H](CO)CN(Cc2coc(-c3ccccc3)n2)C1. The monoisotopic (exact) mass is 329 g/mol. The number of likely N-dealkylation sites (N-methyl/N-ethyl adjacent to an activating group) is 1. The smallest absolute Gasteiger partial charge is 0.226 e. The first kappa shape index (κ1) is 17.1. The van der Waals surface area contributed by atoms with Gasteiger partial charge < -0.3 is 14.4 Å². The summed E-state index contributed by atoms with van der Waals surface area (Å²) in [5, 5.41) is 9.60. The number of aromatic nitrogens is 1. The Morgan fingerprint density at radius 1 is 1.21 bits per heavy atom. The summed E-state index contributed by atoms with van der Waals surface area (Å²) in [6, 6.07) is 10.5. The van der Waals surface area contributed by atoms with E-state index >= 15 is 0 Å². The van der Waals surface area contributed by atoms with Gasteiger partial charge >= 0.3 is 0 Å². The Hall–Kier alpha value is -1.69. The zero-order chi connectivity index (χ0) is 16.9. The zero-order valence-corrected chi connectivity index (χ0v) is 14.6. The lowest BCUT2D eigenvalue weighted by atomic mass is 10.0. The van der Waals surface area contributed by atoms with Crippen LogP contribution < -0.4 is 0 Å². The minimum Gasteiger partial charge on any atom is -0.444 e. The normalized spacial score (nSPS) is 22.7. The molecular weight excluding hydrogens is 302 g/mol. The molecule has 1 saturated heterocycles. The summed E-state index contributed by atoms with van der Waals surface area (Å²) in [5.74, 6) is 1.01. The maximum Gasteiger partial charge on any atom is 0.226 e. The van der Waals surface area contributed by atoms with Gasteiger partial charge in [-0.15, -0.1) is 0 Å². The maximum absolute atomic E-state index is 9.60. The number of oxazole rings is 1. The number of aliphatic hydroxyl groups excluding tert-OH is 1. The van der Waals surface area contributed by atoms with Gasteiger partial charge in [-0.3, -0.25) is 4.90 Å². The minimum absolute atomic E-state index is 0.255. The molecule has 1 aliphatic heterocycles. The number of hydrogen-bond acceptors (Lipinski definition) is 5. The molecule has 2 heterocycles. The lowest BCUT2D eigenvalue weighted by Crippen LogP contribution is -2.39. The molecule has 1 aliphatic rings. The lowest BCUT2D eigenvalue weighted by Gasteiger charge is -2.28. The van der Waals surface area contributed by atoms with Crippen LogP contribution >= 0.6 is 0 Å². The Bertz CT molecular complexity index is 627. The average Bonchev–Trinajstić information content (AvgIpc) is 2.95. The third-order valence-corrected chi connectivity index (χ3v) is 4.84. The van der Waals surface area contributed by atoms with Crippen LogP contribution in [-0.2, 0) is 6.54 Å². The molecule has 1 aromatic heterocycles. The third-order valence-electron chi connectivity index (χ3n) is 4.84. The summed E-state index contributed by atoms with van der Waals surface area (Å²) in [5.41, 5.74) is 1.95. The van der Waals surface area contributed by atoms with Crippen molar-refractivity contribution >= 4 is 0 Å². The van der Waals surface area contributed by atoms with Gasteiger partial charge in [0, 0.05) is 37.8 Å². The number of rotatable bonds is 5. The van der Waals surface area contributed by atoms with E-state index in [1.54, 1.807) is 6.26 Å². The molecule has 0 bridgehead atoms. The van der Waals surface area contributed by atoms with Crippen LogP contribution in [0.3, 0.4) is 0 Å². The molecular formula is C19H27N3O2. The second-order valence-corrected chi connectivity index (χ2v) is 6.95. The van der Waals surface area contributed by atoms with Gasteiger partial charge in [-0.05, 0) is 45.0 Å². The van der Waals surface area contributed by atoms with Gasteiger partial charge in [-0.2, -0.15) is 0 Å². The van der Waals surface area contributed by atoms with Gasteiger partial charge in [0.1, 0.15) is 6.26 Å². The predicted octanol–water partition coefficient (Wildman–Crippen LogP) is 2.48. The van der Waals surface area contributed by atoms with Crippen molar-refractivity contribution in [3.05, 3.63) is 42.3 Å². The van der Waals surface area contributed by atoms with E-state index in [4.69, 9.17) is 4.42 Å². The fourth-order valence-electron chi connectivity index (χ4n) is 3.37. The summed E-state index contributed by atoms with van der Waals surface area (Å²) < 4.78 is 5.65. The molecule has 5 heteroatoms. The van der Waals surface area contributed by atoms with Crippen LogP contribution in [-0.4, -0.2) is 59.7 Å². The highest BCUT2D eigenvalue weighted by atomic mass is 16.3. The number of aliphatic hydroxyl groups is 1. The molecule has 0 spiro atoms. The zero-order valence-electron chi connectivity index (χ0n) is 14.6. The fraction of sp³-hybridized carbons (Fsp3) is 0.526. The van der Waals surface area contributed by atoms with Crippen molar-refractivity contribution < 1.29 is 9.52 Å². The summed E-state index contributed by atoms with van der Waals surface area (Å²) in [7, 11) is 4.26. The Morgan fingerprint density at radius 3 is 2.71 bits per heavy atom. The van der Waals surface area contributed by atoms with Crippen molar-refractivity contribution in [3.8, 4) is 11.5 Å². The second kappa shape index (κ2) is 7.92. The Balaban J connectivity index is 1.70. The maximum atomic E-state index is 9.60. The van der Waals surface area contributed by atoms with E-state index in [0.29, 0.717) is 17.9 Å². The van der Waals surface area contributed by atoms with Crippen LogP contribution in [0.1, 0.15) is 18.5 Å². The molecule has 5 nitrogen and oxygen atoms in total. The molecule has 1 fully saturated rings. The number of nitrogens with zero attached hydrogens (tertiary/aromatic N) is 3. The molecule has 0 amide bonds. The minimum atomic E-state index is 0.255. The molecule has 1 N–H and O–H groups in total. The Kier molecular flexibility index (Phi) is 5.66.